The third-order valence-electron chi connectivity index (χ3n) is 0.271. The second-order valence-corrected chi connectivity index (χ2v) is 1.18. The van der Waals surface area contributed by atoms with Gasteiger partial charge < -0.3 is 5.11 Å². The molecule has 0 rings (SSSR count). The van der Waals surface area contributed by atoms with E-state index in [-0.39, 0.29) is 0 Å². The number of carboxylic acid groups (broad SMARTS) is 1. The molecule has 0 fully saturated rings. The van der Waals surface area contributed by atoms with Crippen LogP contribution in [0.4, 0.5) is 0 Å². The Kier molecular flexibility index (Phi) is 12.0. The van der Waals surface area contributed by atoms with Crippen molar-refractivity contribution in [2.45, 2.75) is 13.8 Å². The molecule has 0 bridgehead atoms. The molecule has 0 aromatic rings. The van der Waals surface area contributed by atoms with Crippen molar-refractivity contribution in [1.29, 1.82) is 0 Å². The van der Waals surface area contributed by atoms with Gasteiger partial charge in [-0.05, 0) is 13.0 Å². The van der Waals surface area contributed by atoms with Crippen LogP contribution in [0.25, 0.3) is 0 Å². The molecule has 0 saturated carbocycles. The Morgan fingerprint density at radius 2 is 1.89 bits per heavy atom. The Morgan fingerprint density at radius 3 is 1.89 bits per heavy atom. The van der Waals surface area contributed by atoms with Gasteiger partial charge in [0.2, 0.25) is 0 Å². The molecule has 52 valence electrons. The van der Waals surface area contributed by atoms with Crippen LogP contribution in [-0.4, -0.2) is 17.4 Å². The van der Waals surface area contributed by atoms with E-state index in [4.69, 9.17) is 9.90 Å². The SMILES string of the molecule is CC(=O)O.CC=CC=O. The predicted molar refractivity (Wildman–Crippen MR) is 34.2 cm³/mol. The number of aliphatic carboxylic acids is 1. The van der Waals surface area contributed by atoms with E-state index in [2.05, 4.69) is 0 Å². The lowest BCUT2D eigenvalue weighted by atomic mass is 10.6. The lowest BCUT2D eigenvalue weighted by Crippen LogP contribution is -1.78. The van der Waals surface area contributed by atoms with Gasteiger partial charge in [-0.15, -0.1) is 0 Å². The topological polar surface area (TPSA) is 54.4 Å². The van der Waals surface area contributed by atoms with Crippen molar-refractivity contribution in [2.24, 2.45) is 0 Å². The zero-order valence-electron chi connectivity index (χ0n) is 5.50. The van der Waals surface area contributed by atoms with Gasteiger partial charge >= 0.3 is 0 Å². The summed E-state index contributed by atoms with van der Waals surface area (Å²) in [5.41, 5.74) is 0. The highest BCUT2D eigenvalue weighted by Gasteiger charge is 1.65. The van der Waals surface area contributed by atoms with Gasteiger partial charge in [0.1, 0.15) is 6.29 Å². The molecule has 3 heteroatoms. The Hall–Kier alpha value is -1.12. The second-order valence-electron chi connectivity index (χ2n) is 1.18. The molecule has 9 heavy (non-hydrogen) atoms. The van der Waals surface area contributed by atoms with Crippen molar-refractivity contribution < 1.29 is 14.7 Å². The van der Waals surface area contributed by atoms with Crippen molar-refractivity contribution in [2.75, 3.05) is 0 Å². The summed E-state index contributed by atoms with van der Waals surface area (Å²) in [6.45, 7) is 2.88. The summed E-state index contributed by atoms with van der Waals surface area (Å²) < 4.78 is 0. The molecule has 0 aromatic carbocycles. The van der Waals surface area contributed by atoms with E-state index >= 15 is 0 Å². The van der Waals surface area contributed by atoms with Crippen LogP contribution in [0.5, 0.6) is 0 Å². The minimum absolute atomic E-state index is 0.750. The van der Waals surface area contributed by atoms with Gasteiger partial charge in [0.15, 0.2) is 0 Å². The number of carbonyl (C=O) groups excluding carboxylic acids is 1. The molecule has 1 N–H and O–H groups in total. The largest absolute Gasteiger partial charge is 0.481 e. The number of carboxylic acids is 1. The van der Waals surface area contributed by atoms with Gasteiger partial charge in [-0.3, -0.25) is 9.59 Å². The fourth-order valence-electron chi connectivity index (χ4n) is 0.0786. The number of aldehydes is 1. The van der Waals surface area contributed by atoms with Crippen LogP contribution in [0.2, 0.25) is 0 Å². The van der Waals surface area contributed by atoms with Crippen molar-refractivity contribution in [3.8, 4) is 0 Å². The van der Waals surface area contributed by atoms with E-state index in [1.54, 1.807) is 13.0 Å². The minimum Gasteiger partial charge on any atom is -0.481 e. The zero-order valence-corrected chi connectivity index (χ0v) is 5.50. The highest BCUT2D eigenvalue weighted by Crippen LogP contribution is 1.55. The molecule has 3 nitrogen and oxygen atoms in total. The molecule has 0 amide bonds. The first-order valence-corrected chi connectivity index (χ1v) is 2.41. The highest BCUT2D eigenvalue weighted by molar-refractivity contribution is 5.64. The van der Waals surface area contributed by atoms with Crippen molar-refractivity contribution in [1.82, 2.24) is 0 Å². The standard InChI is InChI=1S/C4H6O.C2H4O2/c1-2-3-4-5;1-2(3)4/h2-4H,1H3;1H3,(H,3,4). The predicted octanol–water partition coefficient (Wildman–Crippen LogP) is 0.852. The van der Waals surface area contributed by atoms with E-state index in [1.807, 2.05) is 0 Å². The first-order chi connectivity index (χ1) is 4.15. The summed E-state index contributed by atoms with van der Waals surface area (Å²) >= 11 is 0. The third-order valence-corrected chi connectivity index (χ3v) is 0.271. The van der Waals surface area contributed by atoms with Crippen molar-refractivity contribution in [3.05, 3.63) is 12.2 Å². The smallest absolute Gasteiger partial charge is 0.300 e. The Morgan fingerprint density at radius 1 is 1.56 bits per heavy atom. The van der Waals surface area contributed by atoms with E-state index in [0.717, 1.165) is 13.2 Å². The first kappa shape index (κ1) is 10.8. The Labute approximate surface area is 54.0 Å². The zero-order chi connectivity index (χ0) is 7.70. The average molecular weight is 130 g/mol. The molecule has 0 unspecified atom stereocenters. The molecule has 0 spiro atoms. The fraction of sp³-hybridized carbons (Fsp3) is 0.333. The number of hydrogen-bond donors (Lipinski definition) is 1. The van der Waals surface area contributed by atoms with Crippen molar-refractivity contribution >= 4 is 12.3 Å². The van der Waals surface area contributed by atoms with Gasteiger partial charge in [0.05, 0.1) is 0 Å². The van der Waals surface area contributed by atoms with E-state index < -0.39 is 5.97 Å². The van der Waals surface area contributed by atoms with Crippen LogP contribution in [0.3, 0.4) is 0 Å². The molecule has 0 aliphatic carbocycles. The molecular weight excluding hydrogens is 120 g/mol. The van der Waals surface area contributed by atoms with E-state index in [9.17, 15) is 4.79 Å². The Balaban J connectivity index is 0. The van der Waals surface area contributed by atoms with E-state index in [0.29, 0.717) is 0 Å². The lowest BCUT2D eigenvalue weighted by molar-refractivity contribution is -0.134. The van der Waals surface area contributed by atoms with Crippen molar-refractivity contribution in [3.63, 3.8) is 0 Å². The summed E-state index contributed by atoms with van der Waals surface area (Å²) in [6.07, 6.45) is 3.88. The van der Waals surface area contributed by atoms with Crippen LogP contribution in [0.1, 0.15) is 13.8 Å². The first-order valence-electron chi connectivity index (χ1n) is 2.41. The van der Waals surface area contributed by atoms with Crippen LogP contribution in [0.15, 0.2) is 12.2 Å². The number of rotatable bonds is 1. The summed E-state index contributed by atoms with van der Waals surface area (Å²) in [5, 5.41) is 7.42. The summed E-state index contributed by atoms with van der Waals surface area (Å²) in [7, 11) is 0. The van der Waals surface area contributed by atoms with E-state index in [1.165, 1.54) is 6.08 Å². The Bertz CT molecular complexity index is 101. The third kappa shape index (κ3) is 212. The number of allylic oxidation sites excluding steroid dienone is 2. The summed E-state index contributed by atoms with van der Waals surface area (Å²) in [5.74, 6) is -0.833. The van der Waals surface area contributed by atoms with Gasteiger partial charge in [-0.1, -0.05) is 6.08 Å². The van der Waals surface area contributed by atoms with Crippen LogP contribution in [-0.2, 0) is 9.59 Å². The molecule has 0 radical (unpaired) electrons. The number of carbonyl (C=O) groups is 2. The normalized spacial score (nSPS) is 7.78. The van der Waals surface area contributed by atoms with Crippen LogP contribution >= 0.6 is 0 Å². The lowest BCUT2D eigenvalue weighted by Gasteiger charge is -1.59. The molecular formula is C6H10O3. The maximum absolute atomic E-state index is 9.32. The average Bonchev–Trinajstić information content (AvgIpc) is 1.66. The summed E-state index contributed by atoms with van der Waals surface area (Å²) in [4.78, 5) is 18.3. The summed E-state index contributed by atoms with van der Waals surface area (Å²) in [6, 6.07) is 0. The molecule has 0 atom stereocenters. The highest BCUT2D eigenvalue weighted by atomic mass is 16.4. The van der Waals surface area contributed by atoms with Gasteiger partial charge in [0.25, 0.3) is 5.97 Å². The van der Waals surface area contributed by atoms with Gasteiger partial charge in [-0.25, -0.2) is 0 Å². The molecule has 0 saturated heterocycles. The molecule has 0 heterocycles. The maximum atomic E-state index is 9.32. The molecule has 0 aliphatic heterocycles. The van der Waals surface area contributed by atoms with Crippen LogP contribution in [0, 0.1) is 0 Å². The quantitative estimate of drug-likeness (QED) is 0.423. The van der Waals surface area contributed by atoms with Gasteiger partial charge in [-0.2, -0.15) is 0 Å². The fourth-order valence-corrected chi connectivity index (χ4v) is 0.0786. The van der Waals surface area contributed by atoms with Crippen LogP contribution < -0.4 is 0 Å². The minimum atomic E-state index is -0.833. The molecule has 0 aliphatic rings. The maximum Gasteiger partial charge on any atom is 0.300 e. The van der Waals surface area contributed by atoms with Gasteiger partial charge in [0, 0.05) is 6.92 Å². The monoisotopic (exact) mass is 130 g/mol. The second kappa shape index (κ2) is 9.99. The number of hydrogen-bond acceptors (Lipinski definition) is 2. The molecule has 0 aromatic heterocycles.